The molecule has 5 N–H and O–H groups in total. The summed E-state index contributed by atoms with van der Waals surface area (Å²) < 4.78 is 22.7. The Labute approximate surface area is 109 Å². The van der Waals surface area contributed by atoms with Crippen molar-refractivity contribution in [1.29, 1.82) is 0 Å². The highest BCUT2D eigenvalue weighted by atomic mass is 32.2. The molecule has 0 aliphatic rings. The Balaban J connectivity index is 3.12. The quantitative estimate of drug-likeness (QED) is 0.711. The van der Waals surface area contributed by atoms with Crippen molar-refractivity contribution in [2.75, 3.05) is 11.1 Å². The highest BCUT2D eigenvalue weighted by Gasteiger charge is 2.17. The third-order valence-electron chi connectivity index (χ3n) is 2.96. The maximum absolute atomic E-state index is 11.4. The van der Waals surface area contributed by atoms with Crippen LogP contribution in [0.2, 0.25) is 0 Å². The molecule has 0 heterocycles. The predicted octanol–water partition coefficient (Wildman–Crippen LogP) is 1.76. The molecule has 0 fully saturated rings. The van der Waals surface area contributed by atoms with Gasteiger partial charge in [0.05, 0.1) is 11.4 Å². The van der Waals surface area contributed by atoms with Crippen molar-refractivity contribution >= 4 is 21.4 Å². The molecule has 0 aromatic heterocycles. The van der Waals surface area contributed by atoms with E-state index in [4.69, 9.17) is 10.9 Å². The van der Waals surface area contributed by atoms with Crippen molar-refractivity contribution in [3.63, 3.8) is 0 Å². The summed E-state index contributed by atoms with van der Waals surface area (Å²) in [5.41, 5.74) is 6.64. The number of hydrogen-bond donors (Lipinski definition) is 3. The summed E-state index contributed by atoms with van der Waals surface area (Å²) in [6.45, 7) is 6.26. The summed E-state index contributed by atoms with van der Waals surface area (Å²) in [7, 11) is -3.78. The first-order valence-electron chi connectivity index (χ1n) is 5.95. The fraction of sp³-hybridized carbons (Fsp3) is 0.500. The van der Waals surface area contributed by atoms with E-state index < -0.39 is 10.0 Å². The molecule has 1 aromatic rings. The lowest BCUT2D eigenvalue weighted by Crippen LogP contribution is -2.25. The van der Waals surface area contributed by atoms with Crippen molar-refractivity contribution < 1.29 is 8.42 Å². The number of nitrogens with one attached hydrogen (secondary N) is 1. The maximum Gasteiger partial charge on any atom is 0.240 e. The average molecular weight is 271 g/mol. The molecule has 6 heteroatoms. The van der Waals surface area contributed by atoms with E-state index in [-0.39, 0.29) is 16.6 Å². The Morgan fingerprint density at radius 1 is 1.33 bits per heavy atom. The molecule has 102 valence electrons. The summed E-state index contributed by atoms with van der Waals surface area (Å²) >= 11 is 0. The molecule has 1 unspecified atom stereocenters. The van der Waals surface area contributed by atoms with Crippen molar-refractivity contribution in [3.8, 4) is 0 Å². The Bertz CT molecular complexity index is 512. The van der Waals surface area contributed by atoms with Gasteiger partial charge in [-0.15, -0.1) is 0 Å². The summed E-state index contributed by atoms with van der Waals surface area (Å²) in [4.78, 5) is -0.0360. The number of para-hydroxylation sites is 1. The third-order valence-corrected chi connectivity index (χ3v) is 3.93. The molecule has 0 amide bonds. The summed E-state index contributed by atoms with van der Waals surface area (Å²) in [5.74, 6) is 0.424. The van der Waals surface area contributed by atoms with Crippen LogP contribution in [-0.4, -0.2) is 14.5 Å². The van der Waals surface area contributed by atoms with E-state index in [1.807, 2.05) is 0 Å². The van der Waals surface area contributed by atoms with Gasteiger partial charge in [-0.25, -0.2) is 13.6 Å². The Morgan fingerprint density at radius 2 is 1.94 bits per heavy atom. The summed E-state index contributed by atoms with van der Waals surface area (Å²) in [6.07, 6.45) is 0.927. The molecule has 0 radical (unpaired) electrons. The van der Waals surface area contributed by atoms with Crippen LogP contribution < -0.4 is 16.2 Å². The normalized spacial score (nSPS) is 13.6. The van der Waals surface area contributed by atoms with Crippen molar-refractivity contribution in [2.24, 2.45) is 11.1 Å². The van der Waals surface area contributed by atoms with Gasteiger partial charge in [0.25, 0.3) is 0 Å². The Morgan fingerprint density at radius 3 is 2.39 bits per heavy atom. The van der Waals surface area contributed by atoms with E-state index in [0.29, 0.717) is 11.6 Å². The zero-order chi connectivity index (χ0) is 13.9. The number of hydrogen-bond acceptors (Lipinski definition) is 4. The van der Waals surface area contributed by atoms with Crippen molar-refractivity contribution in [1.82, 2.24) is 0 Å². The van der Waals surface area contributed by atoms with Gasteiger partial charge >= 0.3 is 0 Å². The molecular formula is C12H21N3O2S. The van der Waals surface area contributed by atoms with E-state index >= 15 is 0 Å². The average Bonchev–Trinajstić information content (AvgIpc) is 2.25. The molecule has 1 rings (SSSR count). The second-order valence-electron chi connectivity index (χ2n) is 4.67. The number of nitrogens with two attached hydrogens (primary N) is 2. The van der Waals surface area contributed by atoms with E-state index in [9.17, 15) is 8.42 Å². The van der Waals surface area contributed by atoms with E-state index in [1.54, 1.807) is 12.1 Å². The Hall–Kier alpha value is -1.27. The molecule has 18 heavy (non-hydrogen) atoms. The first-order chi connectivity index (χ1) is 8.27. The smallest absolute Gasteiger partial charge is 0.240 e. The number of sulfonamides is 1. The fourth-order valence-electron chi connectivity index (χ4n) is 1.86. The lowest BCUT2D eigenvalue weighted by molar-refractivity contribution is 0.511. The van der Waals surface area contributed by atoms with E-state index in [0.717, 1.165) is 6.42 Å². The van der Waals surface area contributed by atoms with Crippen LogP contribution in [0.1, 0.15) is 27.2 Å². The van der Waals surface area contributed by atoms with Crippen LogP contribution in [-0.2, 0) is 10.0 Å². The minimum atomic E-state index is -3.78. The molecule has 1 atom stereocenters. The van der Waals surface area contributed by atoms with Crippen molar-refractivity contribution in [3.05, 3.63) is 18.2 Å². The second-order valence-corrected chi connectivity index (χ2v) is 6.20. The lowest BCUT2D eigenvalue weighted by Gasteiger charge is -2.23. The van der Waals surface area contributed by atoms with Crippen LogP contribution in [0.5, 0.6) is 0 Å². The number of nitrogen functional groups attached to an aromatic ring is 1. The van der Waals surface area contributed by atoms with Crippen LogP contribution in [0.3, 0.4) is 0 Å². The topological polar surface area (TPSA) is 98.2 Å². The fourth-order valence-corrected chi connectivity index (χ4v) is 2.54. The molecule has 0 saturated carbocycles. The van der Waals surface area contributed by atoms with Gasteiger partial charge in [0.2, 0.25) is 10.0 Å². The summed E-state index contributed by atoms with van der Waals surface area (Å²) in [5, 5.41) is 8.38. The first kappa shape index (κ1) is 14.8. The van der Waals surface area contributed by atoms with Crippen LogP contribution in [0.4, 0.5) is 11.4 Å². The zero-order valence-electron chi connectivity index (χ0n) is 11.0. The van der Waals surface area contributed by atoms with Gasteiger partial charge in [0.15, 0.2) is 0 Å². The first-order valence-corrected chi connectivity index (χ1v) is 7.49. The van der Waals surface area contributed by atoms with E-state index in [2.05, 4.69) is 26.1 Å². The van der Waals surface area contributed by atoms with Crippen LogP contribution >= 0.6 is 0 Å². The number of anilines is 2. The number of rotatable bonds is 5. The van der Waals surface area contributed by atoms with Gasteiger partial charge in [-0.2, -0.15) is 0 Å². The Kier molecular flexibility index (Phi) is 4.59. The van der Waals surface area contributed by atoms with Gasteiger partial charge in [-0.1, -0.05) is 26.8 Å². The standard InChI is InChI=1S/C12H21N3O2S/c1-4-9(8(2)3)15-10-6-5-7-11(12(10)13)18(14,16)17/h5-9,15H,4,13H2,1-3H3,(H2,14,16,17). The zero-order valence-corrected chi connectivity index (χ0v) is 11.8. The molecule has 0 bridgehead atoms. The lowest BCUT2D eigenvalue weighted by atomic mass is 10.0. The van der Waals surface area contributed by atoms with Crippen LogP contribution in [0.15, 0.2) is 23.1 Å². The van der Waals surface area contributed by atoms with Crippen molar-refractivity contribution in [2.45, 2.75) is 38.1 Å². The summed E-state index contributed by atoms with van der Waals surface area (Å²) in [6, 6.07) is 5.04. The molecule has 0 aliphatic carbocycles. The minimum absolute atomic E-state index is 0.0360. The predicted molar refractivity (Wildman–Crippen MR) is 74.8 cm³/mol. The molecule has 0 spiro atoms. The van der Waals surface area contributed by atoms with Crippen LogP contribution in [0, 0.1) is 5.92 Å². The minimum Gasteiger partial charge on any atom is -0.396 e. The maximum atomic E-state index is 11.4. The van der Waals surface area contributed by atoms with Crippen LogP contribution in [0.25, 0.3) is 0 Å². The molecule has 5 nitrogen and oxygen atoms in total. The molecule has 1 aromatic carbocycles. The van der Waals surface area contributed by atoms with Gasteiger partial charge in [0, 0.05) is 6.04 Å². The highest BCUT2D eigenvalue weighted by molar-refractivity contribution is 7.89. The number of benzene rings is 1. The second kappa shape index (κ2) is 5.58. The largest absolute Gasteiger partial charge is 0.396 e. The molecule has 0 aliphatic heterocycles. The van der Waals surface area contributed by atoms with Gasteiger partial charge < -0.3 is 11.1 Å². The highest BCUT2D eigenvalue weighted by Crippen LogP contribution is 2.27. The monoisotopic (exact) mass is 271 g/mol. The van der Waals surface area contributed by atoms with Gasteiger partial charge in [0.1, 0.15) is 4.90 Å². The SMILES string of the molecule is CCC(Nc1cccc(S(N)(=O)=O)c1N)C(C)C. The van der Waals surface area contributed by atoms with E-state index in [1.165, 1.54) is 6.07 Å². The molecular weight excluding hydrogens is 250 g/mol. The number of primary sulfonamides is 1. The van der Waals surface area contributed by atoms with Gasteiger partial charge in [-0.05, 0) is 24.5 Å². The van der Waals surface area contributed by atoms with Gasteiger partial charge in [-0.3, -0.25) is 0 Å². The molecule has 0 saturated heterocycles. The third kappa shape index (κ3) is 3.36.